The van der Waals surface area contributed by atoms with Gasteiger partial charge in [0.05, 0.1) is 5.69 Å². The molecule has 0 radical (unpaired) electrons. The predicted molar refractivity (Wildman–Crippen MR) is 109 cm³/mol. The summed E-state index contributed by atoms with van der Waals surface area (Å²) >= 11 is 0. The highest BCUT2D eigenvalue weighted by molar-refractivity contribution is 5.73. The molecule has 0 saturated heterocycles. The van der Waals surface area contributed by atoms with Crippen molar-refractivity contribution in [2.75, 3.05) is 13.1 Å². The van der Waals surface area contributed by atoms with Crippen LogP contribution < -0.4 is 5.32 Å². The van der Waals surface area contributed by atoms with Gasteiger partial charge in [0.15, 0.2) is 0 Å². The Morgan fingerprint density at radius 3 is 2.79 bits per heavy atom. The van der Waals surface area contributed by atoms with E-state index in [0.29, 0.717) is 12.4 Å². The van der Waals surface area contributed by atoms with E-state index in [1.807, 2.05) is 41.3 Å². The van der Waals surface area contributed by atoms with Crippen molar-refractivity contribution in [1.29, 1.82) is 0 Å². The molecule has 144 valence electrons. The molecule has 5 nitrogen and oxygen atoms in total. The van der Waals surface area contributed by atoms with E-state index in [0.717, 1.165) is 37.2 Å². The summed E-state index contributed by atoms with van der Waals surface area (Å²) in [6.07, 6.45) is 3.44. The zero-order valence-corrected chi connectivity index (χ0v) is 16.1. The van der Waals surface area contributed by atoms with Crippen molar-refractivity contribution in [2.45, 2.75) is 32.4 Å². The number of carbonyl (C=O) groups is 1. The van der Waals surface area contributed by atoms with Crippen LogP contribution in [0.25, 0.3) is 11.5 Å². The first kappa shape index (κ1) is 18.4. The van der Waals surface area contributed by atoms with Crippen LogP contribution in [0, 0.1) is 0 Å². The fourth-order valence-corrected chi connectivity index (χ4v) is 3.73. The van der Waals surface area contributed by atoms with E-state index in [2.05, 4.69) is 28.5 Å². The molecule has 5 heteroatoms. The highest BCUT2D eigenvalue weighted by Gasteiger charge is 2.22. The summed E-state index contributed by atoms with van der Waals surface area (Å²) in [7, 11) is 0. The van der Waals surface area contributed by atoms with Gasteiger partial charge in [-0.25, -0.2) is 4.98 Å². The van der Waals surface area contributed by atoms with E-state index in [1.165, 1.54) is 11.1 Å². The van der Waals surface area contributed by atoms with E-state index in [1.54, 1.807) is 13.2 Å². The fourth-order valence-electron chi connectivity index (χ4n) is 3.73. The molecule has 1 N–H and O–H groups in total. The van der Waals surface area contributed by atoms with Crippen LogP contribution in [0.5, 0.6) is 0 Å². The first-order valence-corrected chi connectivity index (χ1v) is 9.77. The molecule has 0 bridgehead atoms. The minimum Gasteiger partial charge on any atom is -0.444 e. The fraction of sp³-hybridized carbons (Fsp3) is 0.304. The lowest BCUT2D eigenvalue weighted by molar-refractivity contribution is -0.129. The number of aromatic nitrogens is 1. The molecule has 1 atom stereocenters. The number of hydrogen-bond donors (Lipinski definition) is 1. The number of amides is 1. The van der Waals surface area contributed by atoms with Gasteiger partial charge in [0.25, 0.3) is 0 Å². The Bertz CT molecular complexity index is 936. The number of benzene rings is 2. The van der Waals surface area contributed by atoms with E-state index < -0.39 is 0 Å². The molecule has 1 amide bonds. The summed E-state index contributed by atoms with van der Waals surface area (Å²) in [4.78, 5) is 18.4. The number of rotatable bonds is 5. The third-order valence-corrected chi connectivity index (χ3v) is 5.27. The van der Waals surface area contributed by atoms with Crippen LogP contribution in [0.2, 0.25) is 0 Å². The Kier molecular flexibility index (Phi) is 5.53. The van der Waals surface area contributed by atoms with Crippen molar-refractivity contribution in [3.05, 3.63) is 77.7 Å². The zero-order valence-electron chi connectivity index (χ0n) is 16.1. The number of oxazole rings is 1. The largest absolute Gasteiger partial charge is 0.444 e. The summed E-state index contributed by atoms with van der Waals surface area (Å²) in [5, 5.41) is 3.66. The lowest BCUT2D eigenvalue weighted by Crippen LogP contribution is -2.29. The van der Waals surface area contributed by atoms with Crippen molar-refractivity contribution in [2.24, 2.45) is 0 Å². The van der Waals surface area contributed by atoms with Gasteiger partial charge in [0, 0.05) is 44.6 Å². The monoisotopic (exact) mass is 375 g/mol. The average molecular weight is 375 g/mol. The number of nitrogens with zero attached hydrogens (tertiary/aromatic N) is 2. The quantitative estimate of drug-likeness (QED) is 0.733. The predicted octanol–water partition coefficient (Wildman–Crippen LogP) is 3.97. The Morgan fingerprint density at radius 1 is 1.18 bits per heavy atom. The third kappa shape index (κ3) is 4.15. The average Bonchev–Trinajstić information content (AvgIpc) is 3.11. The highest BCUT2D eigenvalue weighted by atomic mass is 16.3. The SMILES string of the molecule is CC(=O)N1CCC(NCCc2coc(-c3ccccc3)n2)c2ccccc2C1. The van der Waals surface area contributed by atoms with Gasteiger partial charge < -0.3 is 14.6 Å². The van der Waals surface area contributed by atoms with E-state index in [9.17, 15) is 4.79 Å². The van der Waals surface area contributed by atoms with Crippen molar-refractivity contribution in [3.63, 3.8) is 0 Å². The van der Waals surface area contributed by atoms with Gasteiger partial charge in [-0.1, -0.05) is 42.5 Å². The summed E-state index contributed by atoms with van der Waals surface area (Å²) in [6, 6.07) is 18.6. The molecular formula is C23H25N3O2. The van der Waals surface area contributed by atoms with Gasteiger partial charge in [-0.05, 0) is 29.7 Å². The normalized spacial score (nSPS) is 16.5. The third-order valence-electron chi connectivity index (χ3n) is 5.27. The number of fused-ring (bicyclic) bond motifs is 1. The Labute approximate surface area is 165 Å². The first-order valence-electron chi connectivity index (χ1n) is 9.77. The minimum atomic E-state index is 0.131. The minimum absolute atomic E-state index is 0.131. The van der Waals surface area contributed by atoms with Crippen LogP contribution in [0.15, 0.2) is 65.3 Å². The summed E-state index contributed by atoms with van der Waals surface area (Å²) in [5.41, 5.74) is 4.44. The lowest BCUT2D eigenvalue weighted by Gasteiger charge is -2.19. The lowest BCUT2D eigenvalue weighted by atomic mass is 9.99. The van der Waals surface area contributed by atoms with Gasteiger partial charge in [-0.3, -0.25) is 4.79 Å². The molecule has 1 unspecified atom stereocenters. The van der Waals surface area contributed by atoms with Crippen LogP contribution in [0.1, 0.15) is 36.2 Å². The second-order valence-electron chi connectivity index (χ2n) is 7.19. The number of nitrogens with one attached hydrogen (secondary N) is 1. The van der Waals surface area contributed by atoms with E-state index >= 15 is 0 Å². The van der Waals surface area contributed by atoms with Crippen molar-refractivity contribution < 1.29 is 9.21 Å². The molecule has 0 spiro atoms. The van der Waals surface area contributed by atoms with Crippen LogP contribution in [-0.2, 0) is 17.8 Å². The highest BCUT2D eigenvalue weighted by Crippen LogP contribution is 2.27. The molecule has 0 fully saturated rings. The van der Waals surface area contributed by atoms with E-state index in [4.69, 9.17) is 4.42 Å². The smallest absolute Gasteiger partial charge is 0.226 e. The van der Waals surface area contributed by atoms with Crippen LogP contribution in [0.3, 0.4) is 0 Å². The molecule has 2 heterocycles. The second kappa shape index (κ2) is 8.40. The second-order valence-corrected chi connectivity index (χ2v) is 7.19. The van der Waals surface area contributed by atoms with Gasteiger partial charge in [-0.15, -0.1) is 0 Å². The molecule has 3 aromatic rings. The molecule has 1 aliphatic rings. The summed E-state index contributed by atoms with van der Waals surface area (Å²) < 4.78 is 5.63. The van der Waals surface area contributed by atoms with Gasteiger partial charge in [-0.2, -0.15) is 0 Å². The molecular weight excluding hydrogens is 350 g/mol. The van der Waals surface area contributed by atoms with Gasteiger partial charge in [0.2, 0.25) is 11.8 Å². The van der Waals surface area contributed by atoms with Crippen molar-refractivity contribution >= 4 is 5.91 Å². The van der Waals surface area contributed by atoms with Crippen molar-refractivity contribution in [1.82, 2.24) is 15.2 Å². The van der Waals surface area contributed by atoms with Crippen molar-refractivity contribution in [3.8, 4) is 11.5 Å². The maximum Gasteiger partial charge on any atom is 0.226 e. The maximum absolute atomic E-state index is 11.9. The topological polar surface area (TPSA) is 58.4 Å². The molecule has 0 saturated carbocycles. The molecule has 0 aliphatic carbocycles. The molecule has 28 heavy (non-hydrogen) atoms. The zero-order chi connectivity index (χ0) is 19.3. The standard InChI is InChI=1S/C23H25N3O2/c1-17(27)26-14-12-22(21-10-6-5-9-19(21)15-26)24-13-11-20-16-28-23(25-20)18-7-3-2-4-8-18/h2-10,16,22,24H,11-15H2,1H3. The molecule has 2 aromatic carbocycles. The molecule has 1 aromatic heterocycles. The molecule has 1 aliphatic heterocycles. The van der Waals surface area contributed by atoms with Crippen LogP contribution in [0.4, 0.5) is 0 Å². The van der Waals surface area contributed by atoms with Gasteiger partial charge in [0.1, 0.15) is 6.26 Å². The Morgan fingerprint density at radius 2 is 1.96 bits per heavy atom. The number of hydrogen-bond acceptors (Lipinski definition) is 4. The maximum atomic E-state index is 11.9. The number of carbonyl (C=O) groups excluding carboxylic acids is 1. The van der Waals surface area contributed by atoms with Crippen LogP contribution in [-0.4, -0.2) is 28.9 Å². The van der Waals surface area contributed by atoms with Gasteiger partial charge >= 0.3 is 0 Å². The Hall–Kier alpha value is -2.92. The molecule has 4 rings (SSSR count). The Balaban J connectivity index is 1.40. The van der Waals surface area contributed by atoms with Crippen LogP contribution >= 0.6 is 0 Å². The summed E-state index contributed by atoms with van der Waals surface area (Å²) in [6.45, 7) is 3.91. The van der Waals surface area contributed by atoms with E-state index in [-0.39, 0.29) is 11.9 Å². The first-order chi connectivity index (χ1) is 13.7. The summed E-state index contributed by atoms with van der Waals surface area (Å²) in [5.74, 6) is 0.791.